The number of halogens is 1. The summed E-state index contributed by atoms with van der Waals surface area (Å²) in [6.45, 7) is 6.12. The molecular weight excluding hydrogens is 326 g/mol. The van der Waals surface area contributed by atoms with Crippen LogP contribution < -0.4 is 14.8 Å². The Bertz CT molecular complexity index is 653. The molecule has 1 atom stereocenters. The van der Waals surface area contributed by atoms with Crippen molar-refractivity contribution in [1.82, 2.24) is 5.32 Å². The SMILES string of the molecule is CC(C)Oc1ccc(CNC(=O)C(C)Oc2ccc(Cl)cc2)cc1. The van der Waals surface area contributed by atoms with Crippen LogP contribution in [0.1, 0.15) is 26.3 Å². The molecule has 0 fully saturated rings. The summed E-state index contributed by atoms with van der Waals surface area (Å²) in [4.78, 5) is 12.1. The number of benzene rings is 2. The molecular formula is C19H22ClNO3. The summed E-state index contributed by atoms with van der Waals surface area (Å²) in [5, 5.41) is 3.49. The van der Waals surface area contributed by atoms with Crippen molar-refractivity contribution in [3.63, 3.8) is 0 Å². The van der Waals surface area contributed by atoms with Crippen LogP contribution in [0.4, 0.5) is 0 Å². The smallest absolute Gasteiger partial charge is 0.261 e. The Hall–Kier alpha value is -2.20. The second-order valence-electron chi connectivity index (χ2n) is 5.74. The number of carbonyl (C=O) groups is 1. The molecule has 1 amide bonds. The standard InChI is InChI=1S/C19H22ClNO3/c1-13(2)23-17-8-4-15(5-9-17)12-21-19(22)14(3)24-18-10-6-16(20)7-11-18/h4-11,13-14H,12H2,1-3H3,(H,21,22). The molecule has 0 heterocycles. The van der Waals surface area contributed by atoms with Crippen molar-refractivity contribution in [2.24, 2.45) is 0 Å². The third kappa shape index (κ3) is 5.78. The van der Waals surface area contributed by atoms with E-state index in [4.69, 9.17) is 21.1 Å². The fourth-order valence-corrected chi connectivity index (χ4v) is 2.19. The van der Waals surface area contributed by atoms with Crippen LogP contribution in [0.15, 0.2) is 48.5 Å². The summed E-state index contributed by atoms with van der Waals surface area (Å²) in [5.74, 6) is 1.25. The number of ether oxygens (including phenoxy) is 2. The largest absolute Gasteiger partial charge is 0.491 e. The molecule has 2 aromatic carbocycles. The van der Waals surface area contributed by atoms with E-state index in [1.807, 2.05) is 38.1 Å². The van der Waals surface area contributed by atoms with E-state index in [-0.39, 0.29) is 12.0 Å². The third-order valence-corrected chi connectivity index (χ3v) is 3.51. The Balaban J connectivity index is 1.82. The minimum absolute atomic E-state index is 0.140. The van der Waals surface area contributed by atoms with Gasteiger partial charge in [0.1, 0.15) is 11.5 Å². The molecule has 0 aliphatic rings. The predicted molar refractivity (Wildman–Crippen MR) is 95.6 cm³/mol. The number of hydrogen-bond acceptors (Lipinski definition) is 3. The molecule has 0 bridgehead atoms. The lowest BCUT2D eigenvalue weighted by atomic mass is 10.2. The van der Waals surface area contributed by atoms with Gasteiger partial charge in [-0.3, -0.25) is 4.79 Å². The summed E-state index contributed by atoms with van der Waals surface area (Å²) in [7, 11) is 0. The third-order valence-electron chi connectivity index (χ3n) is 3.26. The Morgan fingerprint density at radius 3 is 2.08 bits per heavy atom. The van der Waals surface area contributed by atoms with Gasteiger partial charge in [0.2, 0.25) is 0 Å². The molecule has 128 valence electrons. The van der Waals surface area contributed by atoms with Crippen LogP contribution in [0.5, 0.6) is 11.5 Å². The first-order valence-corrected chi connectivity index (χ1v) is 8.27. The molecule has 0 aromatic heterocycles. The molecule has 0 radical (unpaired) electrons. The first-order chi connectivity index (χ1) is 11.4. The van der Waals surface area contributed by atoms with Crippen LogP contribution >= 0.6 is 11.6 Å². The topological polar surface area (TPSA) is 47.6 Å². The maximum absolute atomic E-state index is 12.1. The van der Waals surface area contributed by atoms with Gasteiger partial charge in [0.05, 0.1) is 6.10 Å². The van der Waals surface area contributed by atoms with E-state index < -0.39 is 6.10 Å². The highest BCUT2D eigenvalue weighted by Crippen LogP contribution is 2.17. The molecule has 2 aromatic rings. The molecule has 24 heavy (non-hydrogen) atoms. The lowest BCUT2D eigenvalue weighted by molar-refractivity contribution is -0.127. The van der Waals surface area contributed by atoms with Crippen molar-refractivity contribution in [1.29, 1.82) is 0 Å². The molecule has 1 unspecified atom stereocenters. The van der Waals surface area contributed by atoms with Crippen LogP contribution in [0, 0.1) is 0 Å². The Kier molecular flexibility index (Phi) is 6.50. The predicted octanol–water partition coefficient (Wildman–Crippen LogP) is 4.21. The van der Waals surface area contributed by atoms with Gasteiger partial charge in [-0.2, -0.15) is 0 Å². The van der Waals surface area contributed by atoms with Crippen molar-refractivity contribution in [3.8, 4) is 11.5 Å². The van der Waals surface area contributed by atoms with E-state index in [1.54, 1.807) is 31.2 Å². The minimum atomic E-state index is -0.588. The maximum atomic E-state index is 12.1. The van der Waals surface area contributed by atoms with Crippen LogP contribution in [0.3, 0.4) is 0 Å². The molecule has 0 saturated carbocycles. The van der Waals surface area contributed by atoms with E-state index in [1.165, 1.54) is 0 Å². The van der Waals surface area contributed by atoms with Crippen LogP contribution in [0.2, 0.25) is 5.02 Å². The number of amides is 1. The minimum Gasteiger partial charge on any atom is -0.491 e. The van der Waals surface area contributed by atoms with E-state index >= 15 is 0 Å². The molecule has 0 aliphatic carbocycles. The number of carbonyl (C=O) groups excluding carboxylic acids is 1. The molecule has 2 rings (SSSR count). The zero-order valence-electron chi connectivity index (χ0n) is 14.1. The van der Waals surface area contributed by atoms with E-state index in [9.17, 15) is 4.79 Å². The normalized spacial score (nSPS) is 11.9. The van der Waals surface area contributed by atoms with Gasteiger partial charge in [-0.1, -0.05) is 23.7 Å². The highest BCUT2D eigenvalue weighted by molar-refractivity contribution is 6.30. The van der Waals surface area contributed by atoms with Crippen molar-refractivity contribution < 1.29 is 14.3 Å². The summed E-state index contributed by atoms with van der Waals surface area (Å²) in [6.07, 6.45) is -0.448. The van der Waals surface area contributed by atoms with Gasteiger partial charge in [0, 0.05) is 11.6 Å². The van der Waals surface area contributed by atoms with Crippen molar-refractivity contribution >= 4 is 17.5 Å². The quantitative estimate of drug-likeness (QED) is 0.816. The highest BCUT2D eigenvalue weighted by atomic mass is 35.5. The van der Waals surface area contributed by atoms with Gasteiger partial charge >= 0.3 is 0 Å². The highest BCUT2D eigenvalue weighted by Gasteiger charge is 2.14. The summed E-state index contributed by atoms with van der Waals surface area (Å²) < 4.78 is 11.2. The summed E-state index contributed by atoms with van der Waals surface area (Å²) >= 11 is 5.82. The summed E-state index contributed by atoms with van der Waals surface area (Å²) in [6, 6.07) is 14.6. The average molecular weight is 348 g/mol. The summed E-state index contributed by atoms with van der Waals surface area (Å²) in [5.41, 5.74) is 0.998. The van der Waals surface area contributed by atoms with Crippen LogP contribution in [-0.4, -0.2) is 18.1 Å². The van der Waals surface area contributed by atoms with E-state index in [0.717, 1.165) is 11.3 Å². The molecule has 1 N–H and O–H groups in total. The molecule has 0 spiro atoms. The van der Waals surface area contributed by atoms with E-state index in [0.29, 0.717) is 17.3 Å². The maximum Gasteiger partial charge on any atom is 0.261 e. The molecule has 0 aliphatic heterocycles. The second kappa shape index (κ2) is 8.60. The van der Waals surface area contributed by atoms with Gasteiger partial charge in [-0.05, 0) is 62.7 Å². The second-order valence-corrected chi connectivity index (χ2v) is 6.18. The van der Waals surface area contributed by atoms with Crippen LogP contribution in [0.25, 0.3) is 0 Å². The van der Waals surface area contributed by atoms with Gasteiger partial charge in [0.25, 0.3) is 5.91 Å². The van der Waals surface area contributed by atoms with E-state index in [2.05, 4.69) is 5.32 Å². The first-order valence-electron chi connectivity index (χ1n) is 7.89. The Morgan fingerprint density at radius 1 is 0.958 bits per heavy atom. The average Bonchev–Trinajstić information content (AvgIpc) is 2.55. The van der Waals surface area contributed by atoms with Crippen molar-refractivity contribution in [2.45, 2.75) is 39.5 Å². The fraction of sp³-hybridized carbons (Fsp3) is 0.316. The Morgan fingerprint density at radius 2 is 1.50 bits per heavy atom. The zero-order chi connectivity index (χ0) is 17.5. The first kappa shape index (κ1) is 18.1. The van der Waals surface area contributed by atoms with Crippen LogP contribution in [-0.2, 0) is 11.3 Å². The van der Waals surface area contributed by atoms with Gasteiger partial charge in [0.15, 0.2) is 6.10 Å². The lowest BCUT2D eigenvalue weighted by Gasteiger charge is -2.15. The van der Waals surface area contributed by atoms with Gasteiger partial charge < -0.3 is 14.8 Å². The van der Waals surface area contributed by atoms with Crippen molar-refractivity contribution in [3.05, 3.63) is 59.1 Å². The molecule has 4 nitrogen and oxygen atoms in total. The monoisotopic (exact) mass is 347 g/mol. The van der Waals surface area contributed by atoms with Gasteiger partial charge in [-0.25, -0.2) is 0 Å². The zero-order valence-corrected chi connectivity index (χ0v) is 14.8. The number of rotatable bonds is 7. The molecule has 0 saturated heterocycles. The molecule has 5 heteroatoms. The van der Waals surface area contributed by atoms with Crippen molar-refractivity contribution in [2.75, 3.05) is 0 Å². The lowest BCUT2D eigenvalue weighted by Crippen LogP contribution is -2.35. The fourth-order valence-electron chi connectivity index (χ4n) is 2.06. The number of hydrogen-bond donors (Lipinski definition) is 1. The number of nitrogens with one attached hydrogen (secondary N) is 1. The van der Waals surface area contributed by atoms with Gasteiger partial charge in [-0.15, -0.1) is 0 Å². The Labute approximate surface area is 147 Å².